The molecule has 2 heterocycles. The predicted octanol–water partition coefficient (Wildman–Crippen LogP) is 3.40. The second kappa shape index (κ2) is 9.00. The van der Waals surface area contributed by atoms with E-state index >= 15 is 0 Å². The molecule has 1 fully saturated rings. The number of para-hydroxylation sites is 1. The van der Waals surface area contributed by atoms with Crippen molar-refractivity contribution in [2.24, 2.45) is 0 Å². The van der Waals surface area contributed by atoms with Crippen molar-refractivity contribution in [2.75, 3.05) is 37.6 Å². The maximum absolute atomic E-state index is 13.0. The number of rotatable bonds is 5. The molecule has 2 aliphatic rings. The van der Waals surface area contributed by atoms with Crippen LogP contribution in [0.1, 0.15) is 21.5 Å². The number of hydrogen-bond acceptors (Lipinski definition) is 4. The minimum atomic E-state index is -3.52. The van der Waals surface area contributed by atoms with Gasteiger partial charge in [0.1, 0.15) is 0 Å². The van der Waals surface area contributed by atoms with Crippen LogP contribution in [0.2, 0.25) is 0 Å². The third-order valence-corrected chi connectivity index (χ3v) is 8.38. The first-order valence-electron chi connectivity index (χ1n) is 11.3. The van der Waals surface area contributed by atoms with E-state index in [0.717, 1.165) is 19.5 Å². The van der Waals surface area contributed by atoms with Crippen molar-refractivity contribution in [2.45, 2.75) is 17.9 Å². The highest BCUT2D eigenvalue weighted by molar-refractivity contribution is 7.89. The summed E-state index contributed by atoms with van der Waals surface area (Å²) < 4.78 is 27.1. The van der Waals surface area contributed by atoms with Crippen LogP contribution in [-0.4, -0.2) is 56.3 Å². The van der Waals surface area contributed by atoms with E-state index in [2.05, 4.69) is 29.2 Å². The van der Waals surface area contributed by atoms with Crippen LogP contribution in [0.25, 0.3) is 0 Å². The van der Waals surface area contributed by atoms with E-state index in [0.29, 0.717) is 36.6 Å². The zero-order valence-electron chi connectivity index (χ0n) is 18.4. The summed E-state index contributed by atoms with van der Waals surface area (Å²) in [6.45, 7) is 3.21. The molecular weight excluding hydrogens is 434 g/mol. The quantitative estimate of drug-likeness (QED) is 0.584. The van der Waals surface area contributed by atoms with E-state index < -0.39 is 10.0 Å². The summed E-state index contributed by atoms with van der Waals surface area (Å²) in [7, 11) is -3.52. The first kappa shape index (κ1) is 21.7. The fourth-order valence-corrected chi connectivity index (χ4v) is 6.04. The largest absolute Gasteiger partial charge is 0.367 e. The van der Waals surface area contributed by atoms with Gasteiger partial charge in [0, 0.05) is 50.5 Å². The van der Waals surface area contributed by atoms with E-state index in [1.807, 2.05) is 24.3 Å². The summed E-state index contributed by atoms with van der Waals surface area (Å²) in [5.74, 6) is -0.0511. The molecule has 0 N–H and O–H groups in total. The Kier molecular flexibility index (Phi) is 5.91. The molecule has 1 saturated heterocycles. The molecule has 2 aliphatic heterocycles. The van der Waals surface area contributed by atoms with E-state index in [9.17, 15) is 13.2 Å². The molecule has 5 rings (SSSR count). The summed E-state index contributed by atoms with van der Waals surface area (Å²) >= 11 is 0. The fourth-order valence-electron chi connectivity index (χ4n) is 4.60. The van der Waals surface area contributed by atoms with Gasteiger partial charge < -0.3 is 9.80 Å². The van der Waals surface area contributed by atoms with Gasteiger partial charge in [-0.05, 0) is 47.9 Å². The van der Waals surface area contributed by atoms with Gasteiger partial charge in [-0.2, -0.15) is 4.31 Å². The minimum Gasteiger partial charge on any atom is -0.367 e. The molecule has 7 heteroatoms. The Balaban J connectivity index is 1.20. The molecule has 3 aromatic carbocycles. The van der Waals surface area contributed by atoms with Crippen LogP contribution in [0.3, 0.4) is 0 Å². The Hall–Kier alpha value is -3.16. The normalized spacial score (nSPS) is 16.6. The van der Waals surface area contributed by atoms with Crippen molar-refractivity contribution in [3.63, 3.8) is 0 Å². The summed E-state index contributed by atoms with van der Waals surface area (Å²) in [5.41, 5.74) is 4.49. The predicted molar refractivity (Wildman–Crippen MR) is 129 cm³/mol. The van der Waals surface area contributed by atoms with Crippen molar-refractivity contribution in [3.05, 3.63) is 95.6 Å². The molecule has 170 valence electrons. The Morgan fingerprint density at radius 3 is 2.15 bits per heavy atom. The molecule has 0 spiro atoms. The van der Waals surface area contributed by atoms with E-state index in [1.165, 1.54) is 21.1 Å². The van der Waals surface area contributed by atoms with Crippen molar-refractivity contribution in [3.8, 4) is 0 Å². The smallest absolute Gasteiger partial charge is 0.253 e. The van der Waals surface area contributed by atoms with Crippen molar-refractivity contribution in [1.29, 1.82) is 0 Å². The minimum absolute atomic E-state index is 0.0511. The van der Waals surface area contributed by atoms with Crippen LogP contribution in [0.15, 0.2) is 83.8 Å². The first-order valence-corrected chi connectivity index (χ1v) is 12.7. The molecule has 0 bridgehead atoms. The lowest BCUT2D eigenvalue weighted by molar-refractivity contribution is 0.0698. The average Bonchev–Trinajstić information content (AvgIpc) is 3.27. The van der Waals surface area contributed by atoms with Crippen LogP contribution < -0.4 is 4.90 Å². The zero-order valence-corrected chi connectivity index (χ0v) is 19.2. The first-order chi connectivity index (χ1) is 16.0. The number of amides is 1. The highest BCUT2D eigenvalue weighted by Gasteiger charge is 2.30. The number of nitrogens with zero attached hydrogens (tertiary/aromatic N) is 3. The Morgan fingerprint density at radius 1 is 0.758 bits per heavy atom. The lowest BCUT2D eigenvalue weighted by Crippen LogP contribution is -2.50. The van der Waals surface area contributed by atoms with E-state index in [4.69, 9.17) is 0 Å². The van der Waals surface area contributed by atoms with Gasteiger partial charge in [-0.25, -0.2) is 8.42 Å². The number of benzene rings is 3. The van der Waals surface area contributed by atoms with Crippen LogP contribution in [-0.2, 0) is 23.0 Å². The fraction of sp³-hybridized carbons (Fsp3) is 0.269. The second-order valence-corrected chi connectivity index (χ2v) is 10.4. The number of fused-ring (bicyclic) bond motifs is 1. The highest BCUT2D eigenvalue weighted by Crippen LogP contribution is 2.29. The van der Waals surface area contributed by atoms with Gasteiger partial charge in [-0.15, -0.1) is 0 Å². The zero-order chi connectivity index (χ0) is 22.8. The molecule has 0 radical (unpaired) electrons. The maximum atomic E-state index is 13.0. The van der Waals surface area contributed by atoms with Crippen LogP contribution >= 0.6 is 0 Å². The van der Waals surface area contributed by atoms with Crippen LogP contribution in [0.4, 0.5) is 5.69 Å². The Morgan fingerprint density at radius 2 is 1.42 bits per heavy atom. The number of piperazine rings is 1. The summed E-state index contributed by atoms with van der Waals surface area (Å²) in [6, 6.07) is 24.8. The lowest BCUT2D eigenvalue weighted by atomic mass is 10.1. The Bertz CT molecular complexity index is 1240. The number of hydrogen-bond donors (Lipinski definition) is 0. The van der Waals surface area contributed by atoms with Gasteiger partial charge in [-0.3, -0.25) is 4.79 Å². The van der Waals surface area contributed by atoms with Crippen LogP contribution in [0.5, 0.6) is 0 Å². The third-order valence-electron chi connectivity index (χ3n) is 6.46. The van der Waals surface area contributed by atoms with E-state index in [1.54, 1.807) is 35.2 Å². The molecule has 6 nitrogen and oxygen atoms in total. The second-order valence-electron chi connectivity index (χ2n) is 8.51. The van der Waals surface area contributed by atoms with Gasteiger partial charge in [0.05, 0.1) is 4.90 Å². The van der Waals surface area contributed by atoms with Gasteiger partial charge in [0.25, 0.3) is 5.91 Å². The molecule has 3 aromatic rings. The van der Waals surface area contributed by atoms with Crippen molar-refractivity contribution >= 4 is 21.6 Å². The molecule has 0 unspecified atom stereocenters. The monoisotopic (exact) mass is 461 g/mol. The molecule has 0 aromatic heterocycles. The number of anilines is 1. The summed E-state index contributed by atoms with van der Waals surface area (Å²) in [6.07, 6.45) is 1.07. The van der Waals surface area contributed by atoms with Crippen LogP contribution in [0, 0.1) is 0 Å². The maximum Gasteiger partial charge on any atom is 0.253 e. The van der Waals surface area contributed by atoms with E-state index in [-0.39, 0.29) is 5.91 Å². The standard InChI is InChI=1S/C26H27N3O3S/c30-26(27-16-18-29(19-17-27)33(31,32)24-7-2-1-3-8-24)23-12-10-21(11-13-23)20-28-15-14-22-6-4-5-9-25(22)28/h1-13H,14-20H2. The molecule has 33 heavy (non-hydrogen) atoms. The highest BCUT2D eigenvalue weighted by atomic mass is 32.2. The van der Waals surface area contributed by atoms with Crippen molar-refractivity contribution < 1.29 is 13.2 Å². The number of carbonyl (C=O) groups is 1. The lowest BCUT2D eigenvalue weighted by Gasteiger charge is -2.34. The summed E-state index contributed by atoms with van der Waals surface area (Å²) in [4.78, 5) is 17.4. The van der Waals surface area contributed by atoms with Gasteiger partial charge in [-0.1, -0.05) is 48.5 Å². The molecule has 0 saturated carbocycles. The third kappa shape index (κ3) is 4.38. The SMILES string of the molecule is O=C(c1ccc(CN2CCc3ccccc32)cc1)N1CCN(S(=O)(=O)c2ccccc2)CC1. The average molecular weight is 462 g/mol. The Labute approximate surface area is 195 Å². The molecular formula is C26H27N3O3S. The number of carbonyl (C=O) groups excluding carboxylic acids is 1. The molecule has 0 aliphatic carbocycles. The number of sulfonamides is 1. The van der Waals surface area contributed by atoms with Gasteiger partial charge in [0.15, 0.2) is 0 Å². The summed E-state index contributed by atoms with van der Waals surface area (Å²) in [5, 5.41) is 0. The topological polar surface area (TPSA) is 60.9 Å². The van der Waals surface area contributed by atoms with Crippen molar-refractivity contribution in [1.82, 2.24) is 9.21 Å². The van der Waals surface area contributed by atoms with Gasteiger partial charge in [0.2, 0.25) is 10.0 Å². The molecule has 0 atom stereocenters. The van der Waals surface area contributed by atoms with Gasteiger partial charge >= 0.3 is 0 Å². The molecule has 1 amide bonds.